The van der Waals surface area contributed by atoms with Crippen LogP contribution in [0, 0.1) is 5.92 Å². The summed E-state index contributed by atoms with van der Waals surface area (Å²) < 4.78 is 5.04. The third-order valence-electron chi connectivity index (χ3n) is 2.55. The van der Waals surface area contributed by atoms with Crippen molar-refractivity contribution in [2.45, 2.75) is 13.8 Å². The van der Waals surface area contributed by atoms with Gasteiger partial charge in [0.2, 0.25) is 0 Å². The molecule has 0 N–H and O–H groups in total. The fourth-order valence-electron chi connectivity index (χ4n) is 1.78. The van der Waals surface area contributed by atoms with Crippen LogP contribution < -0.4 is 0 Å². The Hall–Kier alpha value is -0.770. The molecule has 0 radical (unpaired) electrons. The molecule has 1 rings (SSSR count). The molecule has 0 atom stereocenters. The van der Waals surface area contributed by atoms with Crippen LogP contribution in [0.5, 0.6) is 0 Å². The predicted octanol–water partition coefficient (Wildman–Crippen LogP) is 3.74. The minimum absolute atomic E-state index is 0.0739. The molecule has 0 heterocycles. The van der Waals surface area contributed by atoms with Gasteiger partial charge in [0.15, 0.2) is 0 Å². The molecular formula is C14H19Cl2NO2. The van der Waals surface area contributed by atoms with Gasteiger partial charge in [-0.1, -0.05) is 37.0 Å². The molecule has 0 saturated heterocycles. The van der Waals surface area contributed by atoms with Crippen molar-refractivity contribution in [3.63, 3.8) is 0 Å². The van der Waals surface area contributed by atoms with Crippen LogP contribution in [0.1, 0.15) is 24.2 Å². The van der Waals surface area contributed by atoms with E-state index in [1.54, 1.807) is 30.2 Å². The number of ether oxygens (including phenoxy) is 1. The number of rotatable bonds is 6. The molecule has 1 amide bonds. The number of methoxy groups -OCH3 is 1. The fourth-order valence-corrected chi connectivity index (χ4v) is 2.30. The summed E-state index contributed by atoms with van der Waals surface area (Å²) in [5.41, 5.74) is 0.509. The highest BCUT2D eigenvalue weighted by Crippen LogP contribution is 2.20. The molecule has 0 aliphatic rings. The van der Waals surface area contributed by atoms with Gasteiger partial charge in [-0.25, -0.2) is 0 Å². The first-order valence-electron chi connectivity index (χ1n) is 6.18. The molecule has 0 spiro atoms. The highest BCUT2D eigenvalue weighted by Gasteiger charge is 2.17. The summed E-state index contributed by atoms with van der Waals surface area (Å²) in [6, 6.07) is 4.88. The number of halogens is 2. The van der Waals surface area contributed by atoms with E-state index in [-0.39, 0.29) is 5.91 Å². The average Bonchev–Trinajstić information content (AvgIpc) is 2.32. The molecule has 0 bridgehead atoms. The van der Waals surface area contributed by atoms with E-state index in [1.807, 2.05) is 0 Å². The van der Waals surface area contributed by atoms with Crippen LogP contribution in [-0.4, -0.2) is 37.6 Å². The Morgan fingerprint density at radius 3 is 2.32 bits per heavy atom. The topological polar surface area (TPSA) is 29.5 Å². The molecular weight excluding hydrogens is 285 g/mol. The van der Waals surface area contributed by atoms with Gasteiger partial charge in [0, 0.05) is 35.8 Å². The molecule has 0 aliphatic heterocycles. The Labute approximate surface area is 124 Å². The lowest BCUT2D eigenvalue weighted by Crippen LogP contribution is -2.36. The largest absolute Gasteiger partial charge is 0.383 e. The number of hydrogen-bond acceptors (Lipinski definition) is 2. The Bertz CT molecular complexity index is 415. The minimum atomic E-state index is -0.0739. The summed E-state index contributed by atoms with van der Waals surface area (Å²) in [5.74, 6) is 0.311. The Morgan fingerprint density at radius 2 is 1.84 bits per heavy atom. The molecule has 5 heteroatoms. The maximum atomic E-state index is 12.4. The molecule has 3 nitrogen and oxygen atoms in total. The Kier molecular flexibility index (Phi) is 6.63. The lowest BCUT2D eigenvalue weighted by atomic mass is 10.1. The van der Waals surface area contributed by atoms with E-state index in [9.17, 15) is 4.79 Å². The third kappa shape index (κ3) is 5.39. The molecule has 0 saturated carbocycles. The van der Waals surface area contributed by atoms with Crippen LogP contribution in [0.4, 0.5) is 0 Å². The zero-order valence-electron chi connectivity index (χ0n) is 11.5. The van der Waals surface area contributed by atoms with Gasteiger partial charge in [0.05, 0.1) is 6.61 Å². The van der Waals surface area contributed by atoms with Gasteiger partial charge in [-0.2, -0.15) is 0 Å². The van der Waals surface area contributed by atoms with Crippen LogP contribution >= 0.6 is 23.2 Å². The molecule has 1 aromatic rings. The minimum Gasteiger partial charge on any atom is -0.383 e. The molecule has 0 fully saturated rings. The normalized spacial score (nSPS) is 10.8. The molecule has 19 heavy (non-hydrogen) atoms. The van der Waals surface area contributed by atoms with Gasteiger partial charge >= 0.3 is 0 Å². The van der Waals surface area contributed by atoms with Gasteiger partial charge < -0.3 is 9.64 Å². The van der Waals surface area contributed by atoms with E-state index in [0.717, 1.165) is 0 Å². The number of hydrogen-bond donors (Lipinski definition) is 0. The first kappa shape index (κ1) is 16.3. The van der Waals surface area contributed by atoms with Gasteiger partial charge in [0.1, 0.15) is 0 Å². The van der Waals surface area contributed by atoms with Gasteiger partial charge in [-0.15, -0.1) is 0 Å². The maximum absolute atomic E-state index is 12.4. The smallest absolute Gasteiger partial charge is 0.254 e. The lowest BCUT2D eigenvalue weighted by Gasteiger charge is -2.24. The van der Waals surface area contributed by atoms with Crippen LogP contribution in [0.15, 0.2) is 18.2 Å². The van der Waals surface area contributed by atoms with E-state index < -0.39 is 0 Å². The number of amides is 1. The van der Waals surface area contributed by atoms with Crippen molar-refractivity contribution in [3.8, 4) is 0 Å². The highest BCUT2D eigenvalue weighted by molar-refractivity contribution is 6.35. The van der Waals surface area contributed by atoms with E-state index in [0.29, 0.717) is 41.2 Å². The Balaban J connectivity index is 2.90. The second-order valence-electron chi connectivity index (χ2n) is 4.80. The summed E-state index contributed by atoms with van der Waals surface area (Å²) in [7, 11) is 1.62. The van der Waals surface area contributed by atoms with Gasteiger partial charge in [-0.05, 0) is 24.1 Å². The zero-order valence-corrected chi connectivity index (χ0v) is 13.0. The molecule has 0 aliphatic carbocycles. The summed E-state index contributed by atoms with van der Waals surface area (Å²) in [6.07, 6.45) is 0. The molecule has 106 valence electrons. The first-order valence-corrected chi connectivity index (χ1v) is 6.94. The van der Waals surface area contributed by atoms with Crippen molar-refractivity contribution in [2.75, 3.05) is 26.8 Å². The van der Waals surface area contributed by atoms with Crippen molar-refractivity contribution in [1.82, 2.24) is 4.90 Å². The number of carbonyl (C=O) groups excluding carboxylic acids is 1. The van der Waals surface area contributed by atoms with E-state index in [1.165, 1.54) is 0 Å². The maximum Gasteiger partial charge on any atom is 0.254 e. The number of benzene rings is 1. The van der Waals surface area contributed by atoms with Crippen LogP contribution in [0.2, 0.25) is 10.0 Å². The quantitative estimate of drug-likeness (QED) is 0.801. The van der Waals surface area contributed by atoms with Crippen molar-refractivity contribution in [2.24, 2.45) is 5.92 Å². The van der Waals surface area contributed by atoms with E-state index >= 15 is 0 Å². The average molecular weight is 304 g/mol. The SMILES string of the molecule is COCCN(CC(C)C)C(=O)c1cc(Cl)cc(Cl)c1. The number of carbonyl (C=O) groups is 1. The summed E-state index contributed by atoms with van der Waals surface area (Å²) >= 11 is 11.9. The monoisotopic (exact) mass is 303 g/mol. The second kappa shape index (κ2) is 7.73. The highest BCUT2D eigenvalue weighted by atomic mass is 35.5. The predicted molar refractivity (Wildman–Crippen MR) is 79.1 cm³/mol. The molecule has 1 aromatic carbocycles. The molecule has 0 unspecified atom stereocenters. The van der Waals surface area contributed by atoms with Crippen molar-refractivity contribution < 1.29 is 9.53 Å². The van der Waals surface area contributed by atoms with Gasteiger partial charge in [0.25, 0.3) is 5.91 Å². The summed E-state index contributed by atoms with van der Waals surface area (Å²) in [4.78, 5) is 14.2. The zero-order chi connectivity index (χ0) is 14.4. The van der Waals surface area contributed by atoms with Crippen LogP contribution in [-0.2, 0) is 4.74 Å². The standard InChI is InChI=1S/C14H19Cl2NO2/c1-10(2)9-17(4-5-19-3)14(18)11-6-12(15)8-13(16)7-11/h6-8,10H,4-5,9H2,1-3H3. The number of nitrogens with zero attached hydrogens (tertiary/aromatic N) is 1. The van der Waals surface area contributed by atoms with Crippen molar-refractivity contribution >= 4 is 29.1 Å². The summed E-state index contributed by atoms with van der Waals surface area (Å²) in [6.45, 7) is 5.87. The van der Waals surface area contributed by atoms with Gasteiger partial charge in [-0.3, -0.25) is 4.79 Å². The van der Waals surface area contributed by atoms with Crippen LogP contribution in [0.3, 0.4) is 0 Å². The third-order valence-corrected chi connectivity index (χ3v) is 2.98. The van der Waals surface area contributed by atoms with Crippen LogP contribution in [0.25, 0.3) is 0 Å². The van der Waals surface area contributed by atoms with E-state index in [2.05, 4.69) is 13.8 Å². The second-order valence-corrected chi connectivity index (χ2v) is 5.67. The first-order chi connectivity index (χ1) is 8.93. The summed E-state index contributed by atoms with van der Waals surface area (Å²) in [5, 5.41) is 0.930. The Morgan fingerprint density at radius 1 is 1.26 bits per heavy atom. The van der Waals surface area contributed by atoms with Crippen molar-refractivity contribution in [3.05, 3.63) is 33.8 Å². The van der Waals surface area contributed by atoms with E-state index in [4.69, 9.17) is 27.9 Å². The molecule has 0 aromatic heterocycles. The lowest BCUT2D eigenvalue weighted by molar-refractivity contribution is 0.0672. The fraction of sp³-hybridized carbons (Fsp3) is 0.500. The van der Waals surface area contributed by atoms with Crippen molar-refractivity contribution in [1.29, 1.82) is 0 Å².